The third-order valence-corrected chi connectivity index (χ3v) is 3.12. The number of primary amides is 1. The Hall–Kier alpha value is -2.50. The predicted molar refractivity (Wildman–Crippen MR) is 76.8 cm³/mol. The molecule has 106 valence electrons. The molecule has 2 aromatic rings. The van der Waals surface area contributed by atoms with Gasteiger partial charge >= 0.3 is 0 Å². The van der Waals surface area contributed by atoms with Gasteiger partial charge in [0.1, 0.15) is 0 Å². The molecule has 3 N–H and O–H groups in total. The number of carbonyl (C=O) groups is 1. The molecule has 2 rings (SSSR count). The minimum atomic E-state index is -0.429. The van der Waals surface area contributed by atoms with Gasteiger partial charge in [-0.05, 0) is 31.2 Å². The monoisotopic (exact) mass is 274 g/mol. The van der Waals surface area contributed by atoms with Crippen LogP contribution in [-0.2, 0) is 13.6 Å². The maximum atomic E-state index is 11.0. The summed E-state index contributed by atoms with van der Waals surface area (Å²) in [6.45, 7) is 2.54. The molecule has 6 nitrogen and oxygen atoms in total. The van der Waals surface area contributed by atoms with Crippen LogP contribution < -0.4 is 15.8 Å². The topological polar surface area (TPSA) is 82.2 Å². The van der Waals surface area contributed by atoms with E-state index in [1.165, 1.54) is 0 Å². The highest BCUT2D eigenvalue weighted by atomic mass is 16.5. The largest absolute Gasteiger partial charge is 0.481 e. The van der Waals surface area contributed by atoms with Crippen molar-refractivity contribution in [3.63, 3.8) is 0 Å². The first kappa shape index (κ1) is 13.9. The number of anilines is 1. The van der Waals surface area contributed by atoms with Crippen LogP contribution >= 0.6 is 0 Å². The minimum Gasteiger partial charge on any atom is -0.481 e. The van der Waals surface area contributed by atoms with Crippen molar-refractivity contribution in [2.75, 3.05) is 12.4 Å². The van der Waals surface area contributed by atoms with Crippen molar-refractivity contribution >= 4 is 11.6 Å². The molecule has 0 aliphatic rings. The summed E-state index contributed by atoms with van der Waals surface area (Å²) in [5.41, 5.74) is 8.53. The molecule has 1 aromatic heterocycles. The number of hydrogen-bond donors (Lipinski definition) is 2. The number of nitrogens with zero attached hydrogens (tertiary/aromatic N) is 2. The highest BCUT2D eigenvalue weighted by Gasteiger charge is 2.13. The van der Waals surface area contributed by atoms with Gasteiger partial charge in [0.15, 0.2) is 0 Å². The van der Waals surface area contributed by atoms with Crippen LogP contribution in [0.25, 0.3) is 0 Å². The molecule has 1 amide bonds. The molecule has 0 atom stereocenters. The van der Waals surface area contributed by atoms with E-state index in [0.717, 1.165) is 22.8 Å². The van der Waals surface area contributed by atoms with Crippen LogP contribution in [0.5, 0.6) is 5.88 Å². The number of nitrogens with two attached hydrogens (primary N) is 1. The van der Waals surface area contributed by atoms with Gasteiger partial charge in [0.05, 0.1) is 18.4 Å². The molecule has 20 heavy (non-hydrogen) atoms. The number of aryl methyl sites for hydroxylation is 2. The molecule has 0 unspecified atom stereocenters. The van der Waals surface area contributed by atoms with E-state index in [9.17, 15) is 4.79 Å². The summed E-state index contributed by atoms with van der Waals surface area (Å²) in [5.74, 6) is 0.310. The van der Waals surface area contributed by atoms with E-state index in [1.807, 2.05) is 26.1 Å². The first-order valence-electron chi connectivity index (χ1n) is 6.23. The van der Waals surface area contributed by atoms with E-state index in [0.29, 0.717) is 12.1 Å². The smallest absolute Gasteiger partial charge is 0.248 e. The molecule has 0 saturated heterocycles. The van der Waals surface area contributed by atoms with Gasteiger partial charge in [0.2, 0.25) is 11.8 Å². The summed E-state index contributed by atoms with van der Waals surface area (Å²) in [5, 5.41) is 7.59. The molecule has 0 radical (unpaired) electrons. The second-order valence-electron chi connectivity index (χ2n) is 4.49. The Bertz CT molecular complexity index is 617. The number of amides is 1. The number of rotatable bonds is 5. The van der Waals surface area contributed by atoms with Gasteiger partial charge < -0.3 is 15.8 Å². The molecule has 0 bridgehead atoms. The molecular weight excluding hydrogens is 256 g/mol. The van der Waals surface area contributed by atoms with E-state index < -0.39 is 5.91 Å². The van der Waals surface area contributed by atoms with Gasteiger partial charge in [-0.15, -0.1) is 0 Å². The van der Waals surface area contributed by atoms with Crippen LogP contribution in [0.3, 0.4) is 0 Å². The Balaban J connectivity index is 2.11. The first-order chi connectivity index (χ1) is 9.52. The van der Waals surface area contributed by atoms with Crippen molar-refractivity contribution in [3.05, 3.63) is 41.1 Å². The first-order valence-corrected chi connectivity index (χ1v) is 6.23. The summed E-state index contributed by atoms with van der Waals surface area (Å²) in [6.07, 6.45) is 0. The van der Waals surface area contributed by atoms with Crippen molar-refractivity contribution in [1.29, 1.82) is 0 Å². The Morgan fingerprint density at radius 1 is 1.40 bits per heavy atom. The summed E-state index contributed by atoms with van der Waals surface area (Å²) < 4.78 is 7.05. The number of hydrogen-bond acceptors (Lipinski definition) is 4. The van der Waals surface area contributed by atoms with Gasteiger partial charge in [-0.2, -0.15) is 5.10 Å². The lowest BCUT2D eigenvalue weighted by atomic mass is 10.2. The lowest BCUT2D eigenvalue weighted by Crippen LogP contribution is -2.10. The Morgan fingerprint density at radius 3 is 2.60 bits per heavy atom. The van der Waals surface area contributed by atoms with Crippen LogP contribution in [0.15, 0.2) is 24.3 Å². The standard InChI is InChI=1S/C14H18N4O2/c1-9-12(14(20-3)18(2)17-9)8-16-11-6-4-10(5-7-11)13(15)19/h4-7,16H,8H2,1-3H3,(H2,15,19). The van der Waals surface area contributed by atoms with Gasteiger partial charge in [0, 0.05) is 24.8 Å². The lowest BCUT2D eigenvalue weighted by molar-refractivity contribution is 0.100. The number of methoxy groups -OCH3 is 1. The number of carbonyl (C=O) groups excluding carboxylic acids is 1. The van der Waals surface area contributed by atoms with E-state index >= 15 is 0 Å². The summed E-state index contributed by atoms with van der Waals surface area (Å²) >= 11 is 0. The quantitative estimate of drug-likeness (QED) is 0.864. The van der Waals surface area contributed by atoms with Crippen LogP contribution in [0.1, 0.15) is 21.6 Å². The van der Waals surface area contributed by atoms with E-state index in [2.05, 4.69) is 10.4 Å². The molecule has 0 fully saturated rings. The lowest BCUT2D eigenvalue weighted by Gasteiger charge is -2.08. The Labute approximate surface area is 117 Å². The molecule has 0 spiro atoms. The molecule has 0 saturated carbocycles. The van der Waals surface area contributed by atoms with Gasteiger partial charge in [-0.25, -0.2) is 4.68 Å². The fourth-order valence-corrected chi connectivity index (χ4v) is 2.08. The van der Waals surface area contributed by atoms with Crippen molar-refractivity contribution in [2.24, 2.45) is 12.8 Å². The zero-order chi connectivity index (χ0) is 14.7. The van der Waals surface area contributed by atoms with Crippen molar-refractivity contribution < 1.29 is 9.53 Å². The maximum absolute atomic E-state index is 11.0. The van der Waals surface area contributed by atoms with Gasteiger partial charge in [0.25, 0.3) is 0 Å². The van der Waals surface area contributed by atoms with Crippen LogP contribution in [-0.4, -0.2) is 22.8 Å². The Morgan fingerprint density at radius 2 is 2.05 bits per heavy atom. The second-order valence-corrected chi connectivity index (χ2v) is 4.49. The average molecular weight is 274 g/mol. The fraction of sp³-hybridized carbons (Fsp3) is 0.286. The van der Waals surface area contributed by atoms with E-state index in [1.54, 1.807) is 23.9 Å². The maximum Gasteiger partial charge on any atom is 0.248 e. The number of ether oxygens (including phenoxy) is 1. The molecule has 1 aromatic carbocycles. The minimum absolute atomic E-state index is 0.429. The number of benzene rings is 1. The zero-order valence-electron chi connectivity index (χ0n) is 11.8. The normalized spacial score (nSPS) is 10.3. The van der Waals surface area contributed by atoms with Crippen LogP contribution in [0.4, 0.5) is 5.69 Å². The van der Waals surface area contributed by atoms with Gasteiger partial charge in [-0.1, -0.05) is 0 Å². The molecule has 0 aliphatic carbocycles. The second kappa shape index (κ2) is 5.64. The summed E-state index contributed by atoms with van der Waals surface area (Å²) in [4.78, 5) is 11.0. The van der Waals surface area contributed by atoms with Crippen molar-refractivity contribution in [1.82, 2.24) is 9.78 Å². The molecular formula is C14H18N4O2. The highest BCUT2D eigenvalue weighted by Crippen LogP contribution is 2.22. The Kier molecular flexibility index (Phi) is 3.93. The summed E-state index contributed by atoms with van der Waals surface area (Å²) in [7, 11) is 3.47. The fourth-order valence-electron chi connectivity index (χ4n) is 2.08. The third kappa shape index (κ3) is 2.74. The van der Waals surface area contributed by atoms with Crippen LogP contribution in [0, 0.1) is 6.92 Å². The number of aromatic nitrogens is 2. The SMILES string of the molecule is COc1c(CNc2ccc(C(N)=O)cc2)c(C)nn1C. The zero-order valence-corrected chi connectivity index (χ0v) is 11.8. The highest BCUT2D eigenvalue weighted by molar-refractivity contribution is 5.93. The third-order valence-electron chi connectivity index (χ3n) is 3.12. The van der Waals surface area contributed by atoms with Crippen LogP contribution in [0.2, 0.25) is 0 Å². The van der Waals surface area contributed by atoms with E-state index in [4.69, 9.17) is 10.5 Å². The van der Waals surface area contributed by atoms with Crippen molar-refractivity contribution in [2.45, 2.75) is 13.5 Å². The number of nitrogens with one attached hydrogen (secondary N) is 1. The predicted octanol–water partition coefficient (Wildman–Crippen LogP) is 1.45. The van der Waals surface area contributed by atoms with Gasteiger partial charge in [-0.3, -0.25) is 4.79 Å². The average Bonchev–Trinajstić information content (AvgIpc) is 2.70. The molecule has 1 heterocycles. The molecule has 6 heteroatoms. The van der Waals surface area contributed by atoms with E-state index in [-0.39, 0.29) is 0 Å². The summed E-state index contributed by atoms with van der Waals surface area (Å²) in [6, 6.07) is 7.02. The van der Waals surface area contributed by atoms with Crippen molar-refractivity contribution in [3.8, 4) is 5.88 Å². The molecule has 0 aliphatic heterocycles.